The van der Waals surface area contributed by atoms with E-state index in [0.717, 1.165) is 12.8 Å². The first-order valence-corrected chi connectivity index (χ1v) is 7.78. The van der Waals surface area contributed by atoms with Crippen molar-refractivity contribution in [2.75, 3.05) is 6.61 Å². The van der Waals surface area contributed by atoms with Crippen molar-refractivity contribution in [3.8, 4) is 18.1 Å². The van der Waals surface area contributed by atoms with Crippen LogP contribution in [0.1, 0.15) is 63.9 Å². The molecule has 0 aliphatic heterocycles. The molecule has 1 aromatic carbocycles. The molecule has 0 heterocycles. The molecule has 1 nitrogen and oxygen atoms in total. The summed E-state index contributed by atoms with van der Waals surface area (Å²) in [6, 6.07) is 2.75. The molecule has 0 radical (unpaired) electrons. The zero-order valence-electron chi connectivity index (χ0n) is 12.8. The fourth-order valence-corrected chi connectivity index (χ4v) is 2.17. The Bertz CT molecular complexity index is 463. The van der Waals surface area contributed by atoms with Gasteiger partial charge in [0, 0.05) is 0 Å². The lowest BCUT2D eigenvalue weighted by Crippen LogP contribution is -2.01. The van der Waals surface area contributed by atoms with Crippen LogP contribution in [0.15, 0.2) is 12.1 Å². The van der Waals surface area contributed by atoms with Crippen molar-refractivity contribution in [3.05, 3.63) is 29.3 Å². The average Bonchev–Trinajstić information content (AvgIpc) is 2.50. The molecule has 0 fully saturated rings. The van der Waals surface area contributed by atoms with Crippen molar-refractivity contribution in [3.63, 3.8) is 0 Å². The average molecular weight is 294 g/mol. The standard InChI is InChI=1S/C18H24F2O/c1-3-5-6-7-8-9-10-11-14-21-16-13-12-15(4-2)17(19)18(16)20/h2,12-13H,3,5-11,14H2,1H3. The third kappa shape index (κ3) is 6.16. The number of halogens is 2. The first-order valence-electron chi connectivity index (χ1n) is 7.78. The molecule has 0 aliphatic carbocycles. The van der Waals surface area contributed by atoms with Gasteiger partial charge in [0.15, 0.2) is 11.6 Å². The maximum absolute atomic E-state index is 13.6. The minimum Gasteiger partial charge on any atom is -0.490 e. The molecule has 0 saturated carbocycles. The van der Waals surface area contributed by atoms with Gasteiger partial charge in [0.1, 0.15) is 0 Å². The number of unbranched alkanes of at least 4 members (excludes halogenated alkanes) is 7. The lowest BCUT2D eigenvalue weighted by molar-refractivity contribution is 0.284. The number of terminal acetylenes is 1. The predicted octanol–water partition coefficient (Wildman–Crippen LogP) is 5.47. The molecular weight excluding hydrogens is 270 g/mol. The number of hydrogen-bond donors (Lipinski definition) is 0. The van der Waals surface area contributed by atoms with Gasteiger partial charge in [0.2, 0.25) is 5.82 Å². The highest BCUT2D eigenvalue weighted by Gasteiger charge is 2.12. The summed E-state index contributed by atoms with van der Waals surface area (Å²) >= 11 is 0. The van der Waals surface area contributed by atoms with Crippen molar-refractivity contribution in [2.24, 2.45) is 0 Å². The molecule has 1 aromatic rings. The predicted molar refractivity (Wildman–Crippen MR) is 82.4 cm³/mol. The minimum atomic E-state index is -1.01. The molecule has 1 rings (SSSR count). The van der Waals surface area contributed by atoms with E-state index in [-0.39, 0.29) is 11.3 Å². The highest BCUT2D eigenvalue weighted by molar-refractivity contribution is 5.39. The van der Waals surface area contributed by atoms with E-state index in [2.05, 4.69) is 12.8 Å². The summed E-state index contributed by atoms with van der Waals surface area (Å²) in [6.07, 6.45) is 14.5. The molecule has 0 aromatic heterocycles. The number of rotatable bonds is 10. The molecule has 0 aliphatic rings. The van der Waals surface area contributed by atoms with Crippen LogP contribution >= 0.6 is 0 Å². The van der Waals surface area contributed by atoms with Gasteiger partial charge < -0.3 is 4.74 Å². The molecule has 21 heavy (non-hydrogen) atoms. The van der Waals surface area contributed by atoms with E-state index >= 15 is 0 Å². The van der Waals surface area contributed by atoms with Crippen LogP contribution < -0.4 is 4.74 Å². The van der Waals surface area contributed by atoms with Crippen LogP contribution in [0, 0.1) is 24.0 Å². The van der Waals surface area contributed by atoms with Gasteiger partial charge in [-0.3, -0.25) is 0 Å². The van der Waals surface area contributed by atoms with Gasteiger partial charge in [-0.15, -0.1) is 6.42 Å². The van der Waals surface area contributed by atoms with Crippen LogP contribution in [-0.4, -0.2) is 6.61 Å². The summed E-state index contributed by atoms with van der Waals surface area (Å²) in [5.74, 6) is 0.0332. The Morgan fingerprint density at radius 3 is 2.19 bits per heavy atom. The van der Waals surface area contributed by atoms with Crippen molar-refractivity contribution >= 4 is 0 Å². The molecule has 0 amide bonds. The van der Waals surface area contributed by atoms with E-state index in [1.165, 1.54) is 50.7 Å². The first-order chi connectivity index (χ1) is 10.2. The van der Waals surface area contributed by atoms with Gasteiger partial charge >= 0.3 is 0 Å². The molecular formula is C18H24F2O. The smallest absolute Gasteiger partial charge is 0.201 e. The summed E-state index contributed by atoms with van der Waals surface area (Å²) in [7, 11) is 0. The molecule has 116 valence electrons. The second-order valence-corrected chi connectivity index (χ2v) is 5.21. The number of benzene rings is 1. The van der Waals surface area contributed by atoms with Gasteiger partial charge in [-0.1, -0.05) is 57.8 Å². The molecule has 0 N–H and O–H groups in total. The van der Waals surface area contributed by atoms with E-state index in [1.54, 1.807) is 0 Å². The second-order valence-electron chi connectivity index (χ2n) is 5.21. The van der Waals surface area contributed by atoms with E-state index < -0.39 is 11.6 Å². The van der Waals surface area contributed by atoms with E-state index in [4.69, 9.17) is 11.2 Å². The number of ether oxygens (including phenoxy) is 1. The fraction of sp³-hybridized carbons (Fsp3) is 0.556. The van der Waals surface area contributed by atoms with Crippen molar-refractivity contribution < 1.29 is 13.5 Å². The zero-order valence-corrected chi connectivity index (χ0v) is 12.8. The molecule has 0 bridgehead atoms. The van der Waals surface area contributed by atoms with E-state index in [1.807, 2.05) is 0 Å². The second kappa shape index (κ2) is 10.2. The van der Waals surface area contributed by atoms with Crippen LogP contribution in [0.25, 0.3) is 0 Å². The third-order valence-electron chi connectivity index (χ3n) is 3.46. The SMILES string of the molecule is C#Cc1ccc(OCCCCCCCCCC)c(F)c1F. The highest BCUT2D eigenvalue weighted by Crippen LogP contribution is 2.22. The molecule has 0 saturated heterocycles. The Morgan fingerprint density at radius 2 is 1.57 bits per heavy atom. The van der Waals surface area contributed by atoms with Crippen LogP contribution in [0.2, 0.25) is 0 Å². The highest BCUT2D eigenvalue weighted by atomic mass is 19.2. The van der Waals surface area contributed by atoms with Gasteiger partial charge in [0.25, 0.3) is 0 Å². The maximum Gasteiger partial charge on any atom is 0.201 e. The lowest BCUT2D eigenvalue weighted by Gasteiger charge is -2.08. The van der Waals surface area contributed by atoms with E-state index in [9.17, 15) is 8.78 Å². The topological polar surface area (TPSA) is 9.23 Å². The number of hydrogen-bond acceptors (Lipinski definition) is 1. The summed E-state index contributed by atoms with van der Waals surface area (Å²) in [5.41, 5.74) is -0.0769. The normalized spacial score (nSPS) is 10.4. The summed E-state index contributed by atoms with van der Waals surface area (Å²) in [4.78, 5) is 0. The van der Waals surface area contributed by atoms with Crippen LogP contribution in [0.3, 0.4) is 0 Å². The Kier molecular flexibility index (Phi) is 8.50. The fourth-order valence-electron chi connectivity index (χ4n) is 2.17. The Morgan fingerprint density at radius 1 is 0.952 bits per heavy atom. The van der Waals surface area contributed by atoms with Crippen molar-refractivity contribution in [2.45, 2.75) is 58.3 Å². The molecule has 0 atom stereocenters. The monoisotopic (exact) mass is 294 g/mol. The van der Waals surface area contributed by atoms with Crippen LogP contribution in [0.4, 0.5) is 8.78 Å². The van der Waals surface area contributed by atoms with E-state index in [0.29, 0.717) is 6.61 Å². The zero-order chi connectivity index (χ0) is 15.5. The van der Waals surface area contributed by atoms with Crippen molar-refractivity contribution in [1.82, 2.24) is 0 Å². The third-order valence-corrected chi connectivity index (χ3v) is 3.46. The first kappa shape index (κ1) is 17.5. The van der Waals surface area contributed by atoms with Crippen molar-refractivity contribution in [1.29, 1.82) is 0 Å². The van der Waals surface area contributed by atoms with Gasteiger partial charge in [0.05, 0.1) is 12.2 Å². The Labute approximate surface area is 126 Å². The maximum atomic E-state index is 13.6. The largest absolute Gasteiger partial charge is 0.490 e. The molecule has 0 spiro atoms. The molecule has 0 unspecified atom stereocenters. The quantitative estimate of drug-likeness (QED) is 0.411. The van der Waals surface area contributed by atoms with Gasteiger partial charge in [-0.25, -0.2) is 4.39 Å². The van der Waals surface area contributed by atoms with Crippen LogP contribution in [-0.2, 0) is 0 Å². The lowest BCUT2D eigenvalue weighted by atomic mass is 10.1. The summed E-state index contributed by atoms with van der Waals surface area (Å²) in [6.45, 7) is 2.61. The van der Waals surface area contributed by atoms with Gasteiger partial charge in [-0.05, 0) is 18.6 Å². The Hall–Kier alpha value is -1.56. The summed E-state index contributed by atoms with van der Waals surface area (Å²) in [5, 5.41) is 0. The minimum absolute atomic E-state index is 0.0607. The van der Waals surface area contributed by atoms with Gasteiger partial charge in [-0.2, -0.15) is 4.39 Å². The van der Waals surface area contributed by atoms with Crippen LogP contribution in [0.5, 0.6) is 5.75 Å². The Balaban J connectivity index is 2.19. The summed E-state index contributed by atoms with van der Waals surface area (Å²) < 4.78 is 32.3. The molecule has 3 heteroatoms.